The van der Waals surface area contributed by atoms with Gasteiger partial charge in [-0.25, -0.2) is 0 Å². The maximum absolute atomic E-state index is 12.5. The summed E-state index contributed by atoms with van der Waals surface area (Å²) in [5.41, 5.74) is 2.73. The first kappa shape index (κ1) is 16.7. The summed E-state index contributed by atoms with van der Waals surface area (Å²) in [7, 11) is 1.78. The van der Waals surface area contributed by atoms with Crippen LogP contribution >= 0.6 is 0 Å². The van der Waals surface area contributed by atoms with E-state index in [-0.39, 0.29) is 5.91 Å². The van der Waals surface area contributed by atoms with Crippen LogP contribution in [0.5, 0.6) is 0 Å². The van der Waals surface area contributed by atoms with E-state index in [1.54, 1.807) is 18.0 Å². The molecule has 0 unspecified atom stereocenters. The predicted octanol–water partition coefficient (Wildman–Crippen LogP) is 3.32. The summed E-state index contributed by atoms with van der Waals surface area (Å²) in [6.45, 7) is 3.79. The highest BCUT2D eigenvalue weighted by Gasteiger charge is 2.14. The molecule has 2 heterocycles. The van der Waals surface area contributed by atoms with E-state index < -0.39 is 0 Å². The van der Waals surface area contributed by atoms with Crippen LogP contribution in [0.3, 0.4) is 0 Å². The lowest BCUT2D eigenvalue weighted by Gasteiger charge is -2.20. The molecule has 0 spiro atoms. The molecule has 0 bridgehead atoms. The average Bonchev–Trinajstić information content (AvgIpc) is 2.97. The molecule has 0 radical (unpaired) electrons. The molecule has 1 aliphatic heterocycles. The van der Waals surface area contributed by atoms with Crippen LogP contribution in [0.4, 0.5) is 0 Å². The topological polar surface area (TPSA) is 49.6 Å². The zero-order valence-corrected chi connectivity index (χ0v) is 14.3. The fourth-order valence-corrected chi connectivity index (χ4v) is 3.16. The Morgan fingerprint density at radius 2 is 1.83 bits per heavy atom. The number of likely N-dealkylation sites (tertiary alicyclic amines) is 1. The first-order valence-corrected chi connectivity index (χ1v) is 8.68. The van der Waals surface area contributed by atoms with Crippen molar-refractivity contribution < 1.29 is 9.32 Å². The van der Waals surface area contributed by atoms with Crippen LogP contribution in [0.15, 0.2) is 41.1 Å². The van der Waals surface area contributed by atoms with Gasteiger partial charge < -0.3 is 9.42 Å². The number of carbonyl (C=O) groups excluding carboxylic acids is 1. The highest BCUT2D eigenvalue weighted by molar-refractivity contribution is 5.94. The molecule has 2 aromatic rings. The van der Waals surface area contributed by atoms with E-state index in [0.717, 1.165) is 12.2 Å². The summed E-state index contributed by atoms with van der Waals surface area (Å²) in [5, 5.41) is 3.84. The van der Waals surface area contributed by atoms with Crippen molar-refractivity contribution in [1.29, 1.82) is 0 Å². The summed E-state index contributed by atoms with van der Waals surface area (Å²) in [6.07, 6.45) is 6.81. The Bertz CT molecular complexity index is 629. The molecule has 1 amide bonds. The van der Waals surface area contributed by atoms with Gasteiger partial charge in [-0.05, 0) is 43.6 Å². The van der Waals surface area contributed by atoms with Gasteiger partial charge in [0.1, 0.15) is 12.0 Å². The maximum Gasteiger partial charge on any atom is 0.253 e. The van der Waals surface area contributed by atoms with Crippen molar-refractivity contribution in [3.63, 3.8) is 0 Å². The molecule has 5 nitrogen and oxygen atoms in total. The zero-order chi connectivity index (χ0) is 16.8. The van der Waals surface area contributed by atoms with E-state index in [4.69, 9.17) is 4.52 Å². The molecule has 128 valence electrons. The molecule has 1 aliphatic rings. The van der Waals surface area contributed by atoms with E-state index in [0.29, 0.717) is 12.1 Å². The second kappa shape index (κ2) is 8.11. The molecule has 0 atom stereocenters. The molecule has 0 saturated carbocycles. The van der Waals surface area contributed by atoms with Gasteiger partial charge >= 0.3 is 0 Å². The smallest absolute Gasteiger partial charge is 0.253 e. The largest absolute Gasteiger partial charge is 0.364 e. The first-order chi connectivity index (χ1) is 11.7. The van der Waals surface area contributed by atoms with Crippen LogP contribution in [-0.2, 0) is 13.1 Å². The Balaban J connectivity index is 1.57. The third-order valence-electron chi connectivity index (χ3n) is 4.54. The van der Waals surface area contributed by atoms with E-state index in [1.807, 2.05) is 12.1 Å². The van der Waals surface area contributed by atoms with Crippen molar-refractivity contribution in [3.8, 4) is 0 Å². The Labute approximate surface area is 143 Å². The van der Waals surface area contributed by atoms with Crippen LogP contribution in [0.1, 0.15) is 47.3 Å². The molecular weight excluding hydrogens is 302 g/mol. The number of hydrogen-bond acceptors (Lipinski definition) is 4. The molecule has 1 aromatic heterocycles. The second-order valence-electron chi connectivity index (χ2n) is 6.54. The predicted molar refractivity (Wildman–Crippen MR) is 92.5 cm³/mol. The minimum atomic E-state index is -0.000627. The lowest BCUT2D eigenvalue weighted by atomic mass is 10.1. The summed E-state index contributed by atoms with van der Waals surface area (Å²) >= 11 is 0. The van der Waals surface area contributed by atoms with Gasteiger partial charge in [0.05, 0.1) is 6.54 Å². The number of rotatable bonds is 5. The number of carbonyl (C=O) groups is 1. The lowest BCUT2D eigenvalue weighted by molar-refractivity contribution is 0.0782. The fraction of sp³-hybridized carbons (Fsp3) is 0.474. The number of benzene rings is 1. The van der Waals surface area contributed by atoms with Crippen molar-refractivity contribution in [2.45, 2.75) is 38.8 Å². The van der Waals surface area contributed by atoms with Crippen molar-refractivity contribution in [2.75, 3.05) is 20.1 Å². The van der Waals surface area contributed by atoms with E-state index in [1.165, 1.54) is 50.6 Å². The van der Waals surface area contributed by atoms with Gasteiger partial charge in [0.15, 0.2) is 0 Å². The van der Waals surface area contributed by atoms with Crippen LogP contribution in [0, 0.1) is 0 Å². The minimum Gasteiger partial charge on any atom is -0.364 e. The number of aromatic nitrogens is 1. The molecule has 1 saturated heterocycles. The quantitative estimate of drug-likeness (QED) is 0.845. The van der Waals surface area contributed by atoms with Gasteiger partial charge in [0.2, 0.25) is 0 Å². The van der Waals surface area contributed by atoms with Gasteiger partial charge in [0, 0.05) is 25.2 Å². The minimum absolute atomic E-state index is 0.000627. The number of hydrogen-bond donors (Lipinski definition) is 0. The van der Waals surface area contributed by atoms with Gasteiger partial charge in [-0.3, -0.25) is 9.69 Å². The monoisotopic (exact) mass is 327 g/mol. The molecule has 0 aliphatic carbocycles. The molecule has 0 N–H and O–H groups in total. The zero-order valence-electron chi connectivity index (χ0n) is 14.3. The molecule has 24 heavy (non-hydrogen) atoms. The van der Waals surface area contributed by atoms with Crippen molar-refractivity contribution in [3.05, 3.63) is 53.4 Å². The first-order valence-electron chi connectivity index (χ1n) is 8.68. The van der Waals surface area contributed by atoms with Crippen LogP contribution in [0.2, 0.25) is 0 Å². The Morgan fingerprint density at radius 3 is 2.46 bits per heavy atom. The third kappa shape index (κ3) is 4.45. The van der Waals surface area contributed by atoms with Gasteiger partial charge in [-0.2, -0.15) is 0 Å². The van der Waals surface area contributed by atoms with E-state index >= 15 is 0 Å². The average molecular weight is 327 g/mol. The fourth-order valence-electron chi connectivity index (χ4n) is 3.16. The molecule has 1 fully saturated rings. The highest BCUT2D eigenvalue weighted by atomic mass is 16.5. The van der Waals surface area contributed by atoms with Gasteiger partial charge in [0.25, 0.3) is 5.91 Å². The van der Waals surface area contributed by atoms with Crippen LogP contribution < -0.4 is 0 Å². The third-order valence-corrected chi connectivity index (χ3v) is 4.54. The number of amides is 1. The normalized spacial score (nSPS) is 15.9. The maximum atomic E-state index is 12.5. The molecule has 1 aromatic carbocycles. The second-order valence-corrected chi connectivity index (χ2v) is 6.54. The Morgan fingerprint density at radius 1 is 1.12 bits per heavy atom. The standard InChI is InChI=1S/C19H25N3O2/c1-21(15-18-10-13-24-20-18)19(23)17-8-6-16(7-9-17)14-22-11-4-2-3-5-12-22/h6-10,13H,2-5,11-12,14-15H2,1H3. The van der Waals surface area contributed by atoms with E-state index in [9.17, 15) is 4.79 Å². The summed E-state index contributed by atoms with van der Waals surface area (Å²) in [5.74, 6) is -0.000627. The lowest BCUT2D eigenvalue weighted by Crippen LogP contribution is -2.26. The molecule has 5 heteroatoms. The summed E-state index contributed by atoms with van der Waals surface area (Å²) in [6, 6.07) is 9.77. The van der Waals surface area contributed by atoms with Crippen molar-refractivity contribution >= 4 is 5.91 Å². The van der Waals surface area contributed by atoms with Crippen LogP contribution in [-0.4, -0.2) is 41.0 Å². The Kier molecular flexibility index (Phi) is 5.64. The number of nitrogens with zero attached hydrogens (tertiary/aromatic N) is 3. The summed E-state index contributed by atoms with van der Waals surface area (Å²) < 4.78 is 4.80. The van der Waals surface area contributed by atoms with Gasteiger partial charge in [-0.1, -0.05) is 30.1 Å². The summed E-state index contributed by atoms with van der Waals surface area (Å²) in [4.78, 5) is 16.6. The van der Waals surface area contributed by atoms with E-state index in [2.05, 4.69) is 22.2 Å². The Hall–Kier alpha value is -2.14. The van der Waals surface area contributed by atoms with Crippen molar-refractivity contribution in [1.82, 2.24) is 15.0 Å². The molecule has 3 rings (SSSR count). The SMILES string of the molecule is CN(Cc1ccon1)C(=O)c1ccc(CN2CCCCCC2)cc1. The van der Waals surface area contributed by atoms with Gasteiger partial charge in [-0.15, -0.1) is 0 Å². The molecular formula is C19H25N3O2. The van der Waals surface area contributed by atoms with Crippen LogP contribution in [0.25, 0.3) is 0 Å². The van der Waals surface area contributed by atoms with Crippen molar-refractivity contribution in [2.24, 2.45) is 0 Å². The highest BCUT2D eigenvalue weighted by Crippen LogP contribution is 2.15.